The van der Waals surface area contributed by atoms with Crippen LogP contribution >= 0.6 is 58.0 Å². The molecule has 0 saturated carbocycles. The van der Waals surface area contributed by atoms with Crippen LogP contribution in [0.15, 0.2) is 30.3 Å². The van der Waals surface area contributed by atoms with Crippen molar-refractivity contribution >= 4 is 69.9 Å². The Labute approximate surface area is 174 Å². The minimum atomic E-state index is -0.593. The number of halogens is 5. The molecule has 0 atom stereocenters. The van der Waals surface area contributed by atoms with Gasteiger partial charge in [0.25, 0.3) is 0 Å². The zero-order valence-corrected chi connectivity index (χ0v) is 16.8. The van der Waals surface area contributed by atoms with E-state index in [2.05, 4.69) is 0 Å². The number of rotatable bonds is 6. The second kappa shape index (κ2) is 9.67. The van der Waals surface area contributed by atoms with Crippen LogP contribution in [0.25, 0.3) is 0 Å². The van der Waals surface area contributed by atoms with Crippen LogP contribution in [0.1, 0.15) is 19.3 Å². The first-order chi connectivity index (χ1) is 12.3. The molecule has 0 bridgehead atoms. The van der Waals surface area contributed by atoms with Crippen LogP contribution in [0.5, 0.6) is 11.5 Å². The molecule has 138 valence electrons. The van der Waals surface area contributed by atoms with Gasteiger partial charge in [-0.15, -0.1) is 0 Å². The Morgan fingerprint density at radius 1 is 0.731 bits per heavy atom. The summed E-state index contributed by atoms with van der Waals surface area (Å²) >= 11 is 29.4. The summed E-state index contributed by atoms with van der Waals surface area (Å²) in [4.78, 5) is 23.7. The summed E-state index contributed by atoms with van der Waals surface area (Å²) in [5, 5.41) is 1.20. The van der Waals surface area contributed by atoms with Gasteiger partial charge >= 0.3 is 11.9 Å². The summed E-state index contributed by atoms with van der Waals surface area (Å²) < 4.78 is 10.2. The van der Waals surface area contributed by atoms with E-state index in [1.165, 1.54) is 24.3 Å². The third-order valence-corrected chi connectivity index (χ3v) is 4.38. The first kappa shape index (κ1) is 21.1. The second-order valence-electron chi connectivity index (χ2n) is 5.07. The molecule has 0 aromatic heterocycles. The fraction of sp³-hybridized carbons (Fsp3) is 0.176. The van der Waals surface area contributed by atoms with Crippen LogP contribution in [0, 0.1) is 0 Å². The number of carbonyl (C=O) groups excluding carboxylic acids is 2. The minimum absolute atomic E-state index is 0.0139. The highest BCUT2D eigenvalue weighted by molar-refractivity contribution is 6.40. The highest BCUT2D eigenvalue weighted by Gasteiger charge is 2.15. The van der Waals surface area contributed by atoms with E-state index in [4.69, 9.17) is 67.5 Å². The van der Waals surface area contributed by atoms with Crippen LogP contribution in [0.4, 0.5) is 0 Å². The largest absolute Gasteiger partial charge is 0.425 e. The maximum absolute atomic E-state index is 11.9. The number of carbonyl (C=O) groups is 2. The minimum Gasteiger partial charge on any atom is -0.425 e. The molecule has 0 fully saturated rings. The summed E-state index contributed by atoms with van der Waals surface area (Å²) in [7, 11) is 0. The summed E-state index contributed by atoms with van der Waals surface area (Å²) in [6, 6.07) is 7.34. The highest BCUT2D eigenvalue weighted by Crippen LogP contribution is 2.36. The van der Waals surface area contributed by atoms with Crippen molar-refractivity contribution in [2.45, 2.75) is 19.3 Å². The van der Waals surface area contributed by atoms with E-state index in [1.807, 2.05) is 0 Å². The van der Waals surface area contributed by atoms with Crippen LogP contribution in [-0.4, -0.2) is 11.9 Å². The molecule has 0 spiro atoms. The van der Waals surface area contributed by atoms with Crippen molar-refractivity contribution in [3.05, 3.63) is 55.4 Å². The Kier molecular flexibility index (Phi) is 7.86. The Morgan fingerprint density at radius 2 is 1.31 bits per heavy atom. The standard InChI is InChI=1S/C17H11Cl5O4/c18-9-4-5-11(20)14(8-9)25-15(23)2-1-3-16(24)26-17-12(21)6-10(19)7-13(17)22/h4-8H,1-3H2. The third-order valence-electron chi connectivity index (χ3n) is 3.06. The monoisotopic (exact) mass is 454 g/mol. The van der Waals surface area contributed by atoms with Gasteiger partial charge < -0.3 is 9.47 Å². The molecule has 2 aromatic carbocycles. The molecule has 0 heterocycles. The first-order valence-electron chi connectivity index (χ1n) is 7.27. The van der Waals surface area contributed by atoms with Gasteiger partial charge in [-0.05, 0) is 30.7 Å². The molecule has 0 aliphatic rings. The van der Waals surface area contributed by atoms with Gasteiger partial charge in [-0.25, -0.2) is 0 Å². The molecular weight excluding hydrogens is 445 g/mol. The maximum Gasteiger partial charge on any atom is 0.311 e. The Balaban J connectivity index is 1.83. The Bertz CT molecular complexity index is 815. The number of esters is 2. The lowest BCUT2D eigenvalue weighted by Gasteiger charge is -2.09. The SMILES string of the molecule is O=C(CCCC(=O)Oc1c(Cl)cc(Cl)cc1Cl)Oc1cc(Cl)ccc1Cl. The molecule has 0 aliphatic carbocycles. The molecule has 0 amide bonds. The molecule has 4 nitrogen and oxygen atoms in total. The first-order valence-corrected chi connectivity index (χ1v) is 9.16. The van der Waals surface area contributed by atoms with E-state index < -0.39 is 11.9 Å². The lowest BCUT2D eigenvalue weighted by atomic mass is 10.2. The van der Waals surface area contributed by atoms with E-state index >= 15 is 0 Å². The fourth-order valence-electron chi connectivity index (χ4n) is 1.90. The van der Waals surface area contributed by atoms with Gasteiger partial charge in [0.2, 0.25) is 0 Å². The summed E-state index contributed by atoms with van der Waals surface area (Å²) in [5.74, 6) is -0.961. The number of benzene rings is 2. The number of hydrogen-bond acceptors (Lipinski definition) is 4. The van der Waals surface area contributed by atoms with E-state index in [0.717, 1.165) is 0 Å². The van der Waals surface area contributed by atoms with Gasteiger partial charge in [-0.1, -0.05) is 58.0 Å². The molecule has 26 heavy (non-hydrogen) atoms. The topological polar surface area (TPSA) is 52.6 Å². The molecule has 0 unspecified atom stereocenters. The van der Waals surface area contributed by atoms with Crippen LogP contribution in [0.2, 0.25) is 25.1 Å². The van der Waals surface area contributed by atoms with Gasteiger partial charge in [-0.3, -0.25) is 9.59 Å². The van der Waals surface area contributed by atoms with Gasteiger partial charge in [0.05, 0.1) is 15.1 Å². The van der Waals surface area contributed by atoms with E-state index in [9.17, 15) is 9.59 Å². The molecule has 9 heteroatoms. The molecule has 0 radical (unpaired) electrons. The number of hydrogen-bond donors (Lipinski definition) is 0. The van der Waals surface area contributed by atoms with Crippen LogP contribution < -0.4 is 9.47 Å². The molecule has 0 aliphatic heterocycles. The van der Waals surface area contributed by atoms with Crippen molar-refractivity contribution in [3.8, 4) is 11.5 Å². The Hall–Kier alpha value is -1.17. The zero-order chi connectivity index (χ0) is 19.3. The van der Waals surface area contributed by atoms with Crippen molar-refractivity contribution in [3.63, 3.8) is 0 Å². The molecule has 2 aromatic rings. The summed E-state index contributed by atoms with van der Waals surface area (Å²) in [6.45, 7) is 0. The predicted octanol–water partition coefficient (Wildman–Crippen LogP) is 6.63. The molecule has 0 N–H and O–H groups in total. The average molecular weight is 457 g/mol. The molecular formula is C17H11Cl5O4. The summed E-state index contributed by atoms with van der Waals surface area (Å²) in [6.07, 6.45) is 0.159. The van der Waals surface area contributed by atoms with Crippen molar-refractivity contribution in [1.82, 2.24) is 0 Å². The zero-order valence-electron chi connectivity index (χ0n) is 13.0. The summed E-state index contributed by atoms with van der Waals surface area (Å²) in [5.41, 5.74) is 0. The Morgan fingerprint density at radius 3 is 1.92 bits per heavy atom. The van der Waals surface area contributed by atoms with Crippen molar-refractivity contribution < 1.29 is 19.1 Å². The smallest absolute Gasteiger partial charge is 0.311 e. The van der Waals surface area contributed by atoms with Gasteiger partial charge in [0, 0.05) is 29.0 Å². The second-order valence-corrected chi connectivity index (χ2v) is 7.17. The van der Waals surface area contributed by atoms with Crippen LogP contribution in [-0.2, 0) is 9.59 Å². The van der Waals surface area contributed by atoms with Gasteiger partial charge in [0.1, 0.15) is 0 Å². The van der Waals surface area contributed by atoms with Crippen LogP contribution in [0.3, 0.4) is 0 Å². The maximum atomic E-state index is 11.9. The van der Waals surface area contributed by atoms with Crippen molar-refractivity contribution in [1.29, 1.82) is 0 Å². The van der Waals surface area contributed by atoms with Crippen molar-refractivity contribution in [2.75, 3.05) is 0 Å². The third kappa shape index (κ3) is 6.22. The van der Waals surface area contributed by atoms with Gasteiger partial charge in [0.15, 0.2) is 11.5 Å². The average Bonchev–Trinajstić information content (AvgIpc) is 2.54. The number of ether oxygens (including phenoxy) is 2. The lowest BCUT2D eigenvalue weighted by molar-refractivity contribution is -0.136. The highest BCUT2D eigenvalue weighted by atomic mass is 35.5. The van der Waals surface area contributed by atoms with E-state index in [1.54, 1.807) is 6.07 Å². The predicted molar refractivity (Wildman–Crippen MR) is 103 cm³/mol. The molecule has 2 rings (SSSR count). The van der Waals surface area contributed by atoms with E-state index in [0.29, 0.717) is 10.0 Å². The van der Waals surface area contributed by atoms with E-state index in [-0.39, 0.29) is 45.8 Å². The van der Waals surface area contributed by atoms with Crippen molar-refractivity contribution in [2.24, 2.45) is 0 Å². The van der Waals surface area contributed by atoms with Gasteiger partial charge in [-0.2, -0.15) is 0 Å². The fourth-order valence-corrected chi connectivity index (χ4v) is 3.11. The normalized spacial score (nSPS) is 10.5. The molecule has 0 saturated heterocycles. The quantitative estimate of drug-likeness (QED) is 0.361. The lowest BCUT2D eigenvalue weighted by Crippen LogP contribution is -2.12.